The quantitative estimate of drug-likeness (QED) is 0.664. The Labute approximate surface area is 194 Å². The van der Waals surface area contributed by atoms with Crippen LogP contribution in [0.15, 0.2) is 0 Å². The number of thiazole rings is 2. The van der Waals surface area contributed by atoms with Crippen molar-refractivity contribution in [3.05, 3.63) is 21.1 Å². The van der Waals surface area contributed by atoms with Crippen molar-refractivity contribution in [1.29, 1.82) is 0 Å². The van der Waals surface area contributed by atoms with Crippen LogP contribution >= 0.6 is 22.7 Å². The molecule has 2 N–H and O–H groups in total. The third-order valence-corrected chi connectivity index (χ3v) is 9.06. The van der Waals surface area contributed by atoms with E-state index in [1.165, 1.54) is 22.7 Å². The maximum Gasteiger partial charge on any atom is 0.185 e. The molecule has 0 aromatic carbocycles. The van der Waals surface area contributed by atoms with E-state index in [9.17, 15) is 15.0 Å². The number of ether oxygens (including phenoxy) is 2. The van der Waals surface area contributed by atoms with Crippen LogP contribution in [0.3, 0.4) is 0 Å². The zero-order valence-corrected chi connectivity index (χ0v) is 19.8. The number of hydrogen-bond acceptors (Lipinski definition) is 11. The van der Waals surface area contributed by atoms with Crippen molar-refractivity contribution in [3.8, 4) is 0 Å². The number of carbonyl (C=O) groups excluding carboxylic acids is 1. The highest BCUT2D eigenvalue weighted by molar-refractivity contribution is 7.16. The van der Waals surface area contributed by atoms with Gasteiger partial charge in [0.2, 0.25) is 0 Å². The molecule has 2 aromatic heterocycles. The summed E-state index contributed by atoms with van der Waals surface area (Å²) in [6.07, 6.45) is -2.29. The second kappa shape index (κ2) is 8.96. The molecular weight excluding hydrogens is 452 g/mol. The second-order valence-corrected chi connectivity index (χ2v) is 10.5. The second-order valence-electron chi connectivity index (χ2n) is 8.43. The summed E-state index contributed by atoms with van der Waals surface area (Å²) in [7, 11) is 0. The van der Waals surface area contributed by atoms with Gasteiger partial charge in [-0.1, -0.05) is 0 Å². The number of ketones is 1. The fourth-order valence-corrected chi connectivity index (χ4v) is 7.23. The monoisotopic (exact) mass is 480 g/mol. The largest absolute Gasteiger partial charge is 0.391 e. The van der Waals surface area contributed by atoms with Crippen LogP contribution in [0.2, 0.25) is 0 Å². The SMILES string of the molecule is Cc1nc(N2CCOCC2)sc1C1C(=O)C(O)C(c2sc(N3CCOCC3)nc2C)C1O. The first-order valence-electron chi connectivity index (χ1n) is 11.0. The number of aliphatic hydroxyl groups is 2. The minimum atomic E-state index is -1.26. The van der Waals surface area contributed by atoms with Crippen molar-refractivity contribution in [3.63, 3.8) is 0 Å². The summed E-state index contributed by atoms with van der Waals surface area (Å²) in [6, 6.07) is 0. The molecule has 4 unspecified atom stereocenters. The smallest absolute Gasteiger partial charge is 0.185 e. The number of aliphatic hydroxyl groups excluding tert-OH is 2. The summed E-state index contributed by atoms with van der Waals surface area (Å²) in [5, 5.41) is 23.9. The lowest BCUT2D eigenvalue weighted by Crippen LogP contribution is -2.36. The predicted octanol–water partition coefficient (Wildman–Crippen LogP) is 1.06. The minimum absolute atomic E-state index is 0.344. The zero-order valence-electron chi connectivity index (χ0n) is 18.2. The van der Waals surface area contributed by atoms with Crippen LogP contribution in [0, 0.1) is 13.8 Å². The van der Waals surface area contributed by atoms with E-state index in [0.717, 1.165) is 57.6 Å². The van der Waals surface area contributed by atoms with E-state index >= 15 is 0 Å². The molecule has 2 saturated heterocycles. The molecule has 9 nitrogen and oxygen atoms in total. The van der Waals surface area contributed by atoms with Gasteiger partial charge in [0.1, 0.15) is 6.10 Å². The lowest BCUT2D eigenvalue weighted by atomic mass is 9.96. The average Bonchev–Trinajstić information content (AvgIpc) is 3.44. The number of morpholine rings is 2. The fraction of sp³-hybridized carbons (Fsp3) is 0.667. The Morgan fingerprint density at radius 3 is 1.84 bits per heavy atom. The van der Waals surface area contributed by atoms with Crippen molar-refractivity contribution in [1.82, 2.24) is 9.97 Å². The lowest BCUT2D eigenvalue weighted by molar-refractivity contribution is -0.126. The Morgan fingerprint density at radius 2 is 1.31 bits per heavy atom. The molecule has 3 aliphatic rings. The Kier molecular flexibility index (Phi) is 6.21. The third kappa shape index (κ3) is 3.84. The molecule has 32 heavy (non-hydrogen) atoms. The van der Waals surface area contributed by atoms with Gasteiger partial charge in [0.25, 0.3) is 0 Å². The first-order valence-corrected chi connectivity index (χ1v) is 12.6. The minimum Gasteiger partial charge on any atom is -0.391 e. The zero-order chi connectivity index (χ0) is 22.4. The number of Topliss-reactive ketones (excluding diaryl/α,β-unsaturated/α-hetero) is 1. The maximum atomic E-state index is 13.1. The van der Waals surface area contributed by atoms with E-state index in [2.05, 4.69) is 19.8 Å². The van der Waals surface area contributed by atoms with Gasteiger partial charge in [-0.25, -0.2) is 9.97 Å². The van der Waals surface area contributed by atoms with E-state index in [0.29, 0.717) is 26.4 Å². The Hall–Kier alpha value is -1.63. The van der Waals surface area contributed by atoms with E-state index in [4.69, 9.17) is 9.47 Å². The Bertz CT molecular complexity index is 983. The number of hydrogen-bond donors (Lipinski definition) is 2. The molecule has 1 saturated carbocycles. The summed E-state index contributed by atoms with van der Waals surface area (Å²) in [6.45, 7) is 9.37. The number of nitrogens with zero attached hydrogens (tertiary/aromatic N) is 4. The molecule has 4 heterocycles. The van der Waals surface area contributed by atoms with E-state index < -0.39 is 24.0 Å². The molecule has 2 aromatic rings. The van der Waals surface area contributed by atoms with E-state index in [1.807, 2.05) is 13.8 Å². The number of aromatic nitrogens is 2. The van der Waals surface area contributed by atoms with Crippen LogP contribution in [0.25, 0.3) is 0 Å². The van der Waals surface area contributed by atoms with Crippen LogP contribution in [-0.4, -0.2) is 90.8 Å². The Balaban J connectivity index is 1.42. The van der Waals surface area contributed by atoms with Gasteiger partial charge in [0.15, 0.2) is 16.0 Å². The van der Waals surface area contributed by atoms with Crippen LogP contribution < -0.4 is 9.80 Å². The summed E-state index contributed by atoms with van der Waals surface area (Å²) >= 11 is 2.89. The average molecular weight is 481 g/mol. The van der Waals surface area contributed by atoms with Gasteiger partial charge in [0.05, 0.1) is 55.8 Å². The molecule has 2 aliphatic heterocycles. The lowest BCUT2D eigenvalue weighted by Gasteiger charge is -2.26. The van der Waals surface area contributed by atoms with Gasteiger partial charge in [-0.3, -0.25) is 4.79 Å². The standard InChI is InChI=1S/C21H28N4O5S2/c1-11-18(31-20(22-11)24-3-7-29-8-4-24)13-15(26)14(17(28)16(13)27)19-12(2)23-21(32-19)25-5-9-30-10-6-25/h13-16,26-27H,3-10H2,1-2H3. The van der Waals surface area contributed by atoms with Crippen molar-refractivity contribution in [2.75, 3.05) is 62.4 Å². The van der Waals surface area contributed by atoms with Gasteiger partial charge in [-0.05, 0) is 13.8 Å². The Morgan fingerprint density at radius 1 is 0.844 bits per heavy atom. The molecule has 0 amide bonds. The molecule has 11 heteroatoms. The molecule has 0 radical (unpaired) electrons. The number of carbonyl (C=O) groups is 1. The normalized spacial score (nSPS) is 29.2. The van der Waals surface area contributed by atoms with Gasteiger partial charge in [0, 0.05) is 35.9 Å². The van der Waals surface area contributed by atoms with E-state index in [-0.39, 0.29) is 5.78 Å². The van der Waals surface area contributed by atoms with Crippen LogP contribution in [0.4, 0.5) is 10.3 Å². The first-order chi connectivity index (χ1) is 15.5. The number of aryl methyl sites for hydroxylation is 2. The van der Waals surface area contributed by atoms with Crippen molar-refractivity contribution >= 4 is 38.7 Å². The van der Waals surface area contributed by atoms with Crippen LogP contribution in [0.1, 0.15) is 33.0 Å². The van der Waals surface area contributed by atoms with Gasteiger partial charge >= 0.3 is 0 Å². The van der Waals surface area contributed by atoms with Gasteiger partial charge in [-0.15, -0.1) is 22.7 Å². The predicted molar refractivity (Wildman–Crippen MR) is 122 cm³/mol. The summed E-state index contributed by atoms with van der Waals surface area (Å²) in [5.74, 6) is -1.81. The molecule has 5 rings (SSSR count). The number of anilines is 2. The van der Waals surface area contributed by atoms with Gasteiger partial charge in [-0.2, -0.15) is 0 Å². The molecule has 1 aliphatic carbocycles. The fourth-order valence-electron chi connectivity index (χ4n) is 4.67. The highest BCUT2D eigenvalue weighted by Gasteiger charge is 2.52. The van der Waals surface area contributed by atoms with Gasteiger partial charge < -0.3 is 29.5 Å². The summed E-state index contributed by atoms with van der Waals surface area (Å²) in [4.78, 5) is 28.3. The first kappa shape index (κ1) is 22.2. The topological polar surface area (TPSA) is 108 Å². The summed E-state index contributed by atoms with van der Waals surface area (Å²) < 4.78 is 10.8. The molecule has 0 bridgehead atoms. The third-order valence-electron chi connectivity index (χ3n) is 6.44. The van der Waals surface area contributed by atoms with Crippen molar-refractivity contribution in [2.24, 2.45) is 0 Å². The van der Waals surface area contributed by atoms with Crippen LogP contribution in [0.5, 0.6) is 0 Å². The van der Waals surface area contributed by atoms with Crippen LogP contribution in [-0.2, 0) is 14.3 Å². The molecule has 4 atom stereocenters. The molecule has 0 spiro atoms. The van der Waals surface area contributed by atoms with Crippen molar-refractivity contribution in [2.45, 2.75) is 37.9 Å². The molecule has 3 fully saturated rings. The molecule has 174 valence electrons. The highest BCUT2D eigenvalue weighted by Crippen LogP contribution is 2.48. The highest BCUT2D eigenvalue weighted by atomic mass is 32.1. The number of rotatable bonds is 4. The molecular formula is C21H28N4O5S2. The maximum absolute atomic E-state index is 13.1. The van der Waals surface area contributed by atoms with E-state index in [1.54, 1.807) is 0 Å². The van der Waals surface area contributed by atoms with Crippen molar-refractivity contribution < 1.29 is 24.5 Å². The summed E-state index contributed by atoms with van der Waals surface area (Å²) in [5.41, 5.74) is 1.49.